The van der Waals surface area contributed by atoms with E-state index in [9.17, 15) is 5.26 Å². The van der Waals surface area contributed by atoms with Crippen LogP contribution >= 0.6 is 0 Å². The van der Waals surface area contributed by atoms with Gasteiger partial charge in [0, 0.05) is 62.3 Å². The van der Waals surface area contributed by atoms with E-state index in [0.29, 0.717) is 18.1 Å². The molecule has 1 aliphatic heterocycles. The summed E-state index contributed by atoms with van der Waals surface area (Å²) >= 11 is 0. The molecule has 3 aromatic rings. The zero-order valence-electron chi connectivity index (χ0n) is 17.2. The molecule has 0 unspecified atom stereocenters. The van der Waals surface area contributed by atoms with Crippen LogP contribution in [-0.2, 0) is 11.2 Å². The Labute approximate surface area is 171 Å². The Hall–Kier alpha value is -2.98. The van der Waals surface area contributed by atoms with Gasteiger partial charge in [0.15, 0.2) is 0 Å². The maximum absolute atomic E-state index is 9.40. The number of anilines is 1. The molecule has 7 heteroatoms. The summed E-state index contributed by atoms with van der Waals surface area (Å²) in [6.07, 6.45) is 8.49. The van der Waals surface area contributed by atoms with Crippen LogP contribution in [0.3, 0.4) is 0 Å². The van der Waals surface area contributed by atoms with E-state index in [1.54, 1.807) is 13.3 Å². The highest BCUT2D eigenvalue weighted by Gasteiger charge is 2.21. The number of hydrogen-bond acceptors (Lipinski definition) is 6. The first-order valence-corrected chi connectivity index (χ1v) is 10.1. The normalized spacial score (nSPS) is 15.2. The number of piperidine rings is 1. The smallest absolute Gasteiger partial charge is 0.225 e. The molecule has 1 aliphatic rings. The second-order valence-electron chi connectivity index (χ2n) is 7.80. The lowest BCUT2D eigenvalue weighted by molar-refractivity contribution is 0.0816. The molecule has 0 atom stereocenters. The number of pyridine rings is 1. The molecule has 3 aromatic heterocycles. The second kappa shape index (κ2) is 8.18. The van der Waals surface area contributed by atoms with Gasteiger partial charge in [0.25, 0.3) is 0 Å². The molecular weight excluding hydrogens is 364 g/mol. The van der Waals surface area contributed by atoms with Crippen LogP contribution in [0.15, 0.2) is 30.7 Å². The Balaban J connectivity index is 1.57. The van der Waals surface area contributed by atoms with E-state index in [1.165, 1.54) is 0 Å². The fraction of sp³-hybridized carbons (Fsp3) is 0.455. The number of methoxy groups -OCH3 is 1. The first kappa shape index (κ1) is 19.3. The number of fused-ring (bicyclic) bond motifs is 1. The van der Waals surface area contributed by atoms with Crippen LogP contribution in [0.25, 0.3) is 10.9 Å². The Morgan fingerprint density at radius 1 is 1.24 bits per heavy atom. The molecule has 0 aliphatic carbocycles. The third-order valence-corrected chi connectivity index (χ3v) is 5.57. The Morgan fingerprint density at radius 2 is 2.03 bits per heavy atom. The molecule has 1 saturated heterocycles. The molecule has 7 nitrogen and oxygen atoms in total. The fourth-order valence-corrected chi connectivity index (χ4v) is 3.91. The molecule has 0 radical (unpaired) electrons. The average molecular weight is 390 g/mol. The number of nitrogens with zero attached hydrogens (tertiary/aromatic N) is 6. The minimum absolute atomic E-state index is 0.274. The van der Waals surface area contributed by atoms with E-state index in [4.69, 9.17) is 9.72 Å². The third kappa shape index (κ3) is 3.94. The molecule has 29 heavy (non-hydrogen) atoms. The molecule has 4 rings (SSSR count). The topological polar surface area (TPSA) is 79.9 Å². The van der Waals surface area contributed by atoms with Crippen molar-refractivity contribution in [3.63, 3.8) is 0 Å². The highest BCUT2D eigenvalue weighted by Crippen LogP contribution is 2.25. The molecule has 0 saturated carbocycles. The van der Waals surface area contributed by atoms with Gasteiger partial charge in [-0.2, -0.15) is 5.26 Å². The molecule has 0 amide bonds. The lowest BCUT2D eigenvalue weighted by atomic mass is 10.1. The van der Waals surface area contributed by atoms with Crippen LogP contribution in [0.1, 0.15) is 49.7 Å². The lowest BCUT2D eigenvalue weighted by Crippen LogP contribution is -2.37. The van der Waals surface area contributed by atoms with E-state index < -0.39 is 0 Å². The first-order valence-electron chi connectivity index (χ1n) is 10.1. The van der Waals surface area contributed by atoms with Gasteiger partial charge in [0.2, 0.25) is 5.95 Å². The summed E-state index contributed by atoms with van der Waals surface area (Å²) in [6, 6.07) is 6.56. The SMILES string of the molecule is COC1CCN(c2nccc(Cc3cc4c(cn3)c(C#N)cn4C(C)C)n2)CC1. The molecule has 0 aromatic carbocycles. The highest BCUT2D eigenvalue weighted by molar-refractivity contribution is 5.86. The molecule has 4 heterocycles. The standard InChI is InChI=1S/C22H26N6O/c1-15(2)28-14-16(12-23)20-13-25-18(11-21(20)28)10-17-4-7-24-22(26-17)27-8-5-19(29-3)6-9-27/h4,7,11,13-15,19H,5-6,8-10H2,1-3H3. The Bertz CT molecular complexity index is 1040. The summed E-state index contributed by atoms with van der Waals surface area (Å²) < 4.78 is 7.58. The van der Waals surface area contributed by atoms with Crippen LogP contribution in [0.4, 0.5) is 5.95 Å². The van der Waals surface area contributed by atoms with E-state index in [-0.39, 0.29) is 6.04 Å². The number of ether oxygens (including phenoxy) is 1. The second-order valence-corrected chi connectivity index (χ2v) is 7.80. The minimum Gasteiger partial charge on any atom is -0.381 e. The summed E-state index contributed by atoms with van der Waals surface area (Å²) in [5, 5.41) is 10.3. The number of rotatable bonds is 5. The fourth-order valence-electron chi connectivity index (χ4n) is 3.91. The van der Waals surface area contributed by atoms with Crippen molar-refractivity contribution >= 4 is 16.9 Å². The Morgan fingerprint density at radius 3 is 2.72 bits per heavy atom. The maximum atomic E-state index is 9.40. The summed E-state index contributed by atoms with van der Waals surface area (Å²) in [6.45, 7) is 6.05. The van der Waals surface area contributed by atoms with Crippen LogP contribution in [0.2, 0.25) is 0 Å². The van der Waals surface area contributed by atoms with Crippen molar-refractivity contribution in [2.75, 3.05) is 25.1 Å². The number of aromatic nitrogens is 4. The van der Waals surface area contributed by atoms with Gasteiger partial charge in [-0.05, 0) is 38.8 Å². The zero-order chi connectivity index (χ0) is 20.4. The van der Waals surface area contributed by atoms with Crippen LogP contribution in [0, 0.1) is 11.3 Å². The van der Waals surface area contributed by atoms with Crippen molar-refractivity contribution in [2.45, 2.75) is 45.3 Å². The van der Waals surface area contributed by atoms with Crippen molar-refractivity contribution in [1.29, 1.82) is 5.26 Å². The van der Waals surface area contributed by atoms with Crippen molar-refractivity contribution in [1.82, 2.24) is 19.5 Å². The van der Waals surface area contributed by atoms with Crippen LogP contribution in [0.5, 0.6) is 0 Å². The van der Waals surface area contributed by atoms with Crippen molar-refractivity contribution in [3.8, 4) is 6.07 Å². The molecule has 0 N–H and O–H groups in total. The lowest BCUT2D eigenvalue weighted by Gasteiger charge is -2.31. The predicted molar refractivity (Wildman–Crippen MR) is 112 cm³/mol. The molecule has 150 valence electrons. The molecular formula is C22H26N6O. The molecule has 0 spiro atoms. The van der Waals surface area contributed by atoms with Gasteiger partial charge in [-0.25, -0.2) is 9.97 Å². The average Bonchev–Trinajstić information content (AvgIpc) is 3.12. The first-order chi connectivity index (χ1) is 14.1. The summed E-state index contributed by atoms with van der Waals surface area (Å²) in [4.78, 5) is 16.1. The minimum atomic E-state index is 0.274. The quantitative estimate of drug-likeness (QED) is 0.663. The molecule has 1 fully saturated rings. The van der Waals surface area contributed by atoms with Crippen molar-refractivity contribution in [3.05, 3.63) is 47.7 Å². The summed E-state index contributed by atoms with van der Waals surface area (Å²) in [5.41, 5.74) is 3.58. The Kier molecular flexibility index (Phi) is 5.45. The van der Waals surface area contributed by atoms with Crippen molar-refractivity contribution < 1.29 is 4.74 Å². The van der Waals surface area contributed by atoms with E-state index in [0.717, 1.165) is 54.2 Å². The molecule has 0 bridgehead atoms. The van der Waals surface area contributed by atoms with Gasteiger partial charge in [-0.1, -0.05) is 0 Å². The summed E-state index contributed by atoms with van der Waals surface area (Å²) in [7, 11) is 1.77. The monoisotopic (exact) mass is 390 g/mol. The van der Waals surface area contributed by atoms with Crippen molar-refractivity contribution in [2.24, 2.45) is 0 Å². The highest BCUT2D eigenvalue weighted by atomic mass is 16.5. The maximum Gasteiger partial charge on any atom is 0.225 e. The van der Waals surface area contributed by atoms with Crippen LogP contribution in [-0.4, -0.2) is 45.8 Å². The zero-order valence-corrected chi connectivity index (χ0v) is 17.2. The van der Waals surface area contributed by atoms with Gasteiger partial charge >= 0.3 is 0 Å². The number of nitriles is 1. The van der Waals surface area contributed by atoms with Gasteiger partial charge in [-0.15, -0.1) is 0 Å². The third-order valence-electron chi connectivity index (χ3n) is 5.57. The number of hydrogen-bond donors (Lipinski definition) is 0. The summed E-state index contributed by atoms with van der Waals surface area (Å²) in [5.74, 6) is 0.774. The van der Waals surface area contributed by atoms with E-state index >= 15 is 0 Å². The van der Waals surface area contributed by atoms with Gasteiger partial charge in [-0.3, -0.25) is 4.98 Å². The van der Waals surface area contributed by atoms with Gasteiger partial charge < -0.3 is 14.2 Å². The largest absolute Gasteiger partial charge is 0.381 e. The van der Waals surface area contributed by atoms with E-state index in [1.807, 2.05) is 18.5 Å². The van der Waals surface area contributed by atoms with Gasteiger partial charge in [0.05, 0.1) is 22.9 Å². The van der Waals surface area contributed by atoms with E-state index in [2.05, 4.69) is 45.4 Å². The predicted octanol–water partition coefficient (Wildman–Crippen LogP) is 3.48. The van der Waals surface area contributed by atoms with Gasteiger partial charge in [0.1, 0.15) is 6.07 Å². The van der Waals surface area contributed by atoms with Crippen LogP contribution < -0.4 is 4.90 Å².